The predicted octanol–water partition coefficient (Wildman–Crippen LogP) is 1.47. The van der Waals surface area contributed by atoms with Crippen molar-refractivity contribution in [3.05, 3.63) is 23.8 Å². The van der Waals surface area contributed by atoms with E-state index in [1.807, 2.05) is 6.92 Å². The Kier molecular flexibility index (Phi) is 3.85. The number of anilines is 2. The highest BCUT2D eigenvalue weighted by molar-refractivity contribution is 5.89. The zero-order valence-electron chi connectivity index (χ0n) is 8.57. The molecule has 1 aromatic rings. The van der Waals surface area contributed by atoms with Gasteiger partial charge in [-0.05, 0) is 19.1 Å². The van der Waals surface area contributed by atoms with Crippen molar-refractivity contribution in [3.63, 3.8) is 0 Å². The van der Waals surface area contributed by atoms with Crippen molar-refractivity contribution < 1.29 is 9.59 Å². The van der Waals surface area contributed by atoms with Gasteiger partial charge in [-0.15, -0.1) is 0 Å². The molecule has 0 heterocycles. The van der Waals surface area contributed by atoms with Gasteiger partial charge in [0.05, 0.1) is 11.4 Å². The van der Waals surface area contributed by atoms with Crippen LogP contribution in [0.15, 0.2) is 18.2 Å². The number of hydrogen-bond donors (Lipinski definition) is 2. The molecule has 0 bridgehead atoms. The quantitative estimate of drug-likeness (QED) is 0.565. The summed E-state index contributed by atoms with van der Waals surface area (Å²) in [5.41, 5.74) is 7.35. The fourth-order valence-electron chi connectivity index (χ4n) is 1.30. The molecule has 0 aliphatic carbocycles. The Labute approximate surface area is 88.5 Å². The number of nitrogen functional groups attached to an aromatic ring is 1. The lowest BCUT2D eigenvalue weighted by Crippen LogP contribution is -2.17. The summed E-state index contributed by atoms with van der Waals surface area (Å²) in [7, 11) is 0. The topological polar surface area (TPSA) is 72.2 Å². The fourth-order valence-corrected chi connectivity index (χ4v) is 1.30. The van der Waals surface area contributed by atoms with Crippen molar-refractivity contribution in [2.24, 2.45) is 0 Å². The summed E-state index contributed by atoms with van der Waals surface area (Å²) >= 11 is 0. The Morgan fingerprint density at radius 3 is 2.80 bits per heavy atom. The number of para-hydroxylation sites is 1. The molecule has 1 unspecified atom stereocenters. The number of benzene rings is 1. The van der Waals surface area contributed by atoms with Crippen LogP contribution in [0, 0.1) is 0 Å². The lowest BCUT2D eigenvalue weighted by atomic mass is 10.1. The number of carbonyl (C=O) groups is 2. The Morgan fingerprint density at radius 1 is 1.47 bits per heavy atom. The third kappa shape index (κ3) is 2.80. The first-order valence-electron chi connectivity index (χ1n) is 4.73. The average molecular weight is 206 g/mol. The summed E-state index contributed by atoms with van der Waals surface area (Å²) in [6.45, 7) is 1.86. The summed E-state index contributed by atoms with van der Waals surface area (Å²) in [5, 5.41) is 3.04. The minimum absolute atomic E-state index is 0.0362. The second-order valence-electron chi connectivity index (χ2n) is 3.38. The first kappa shape index (κ1) is 11.2. The highest BCUT2D eigenvalue weighted by atomic mass is 16.1. The minimum Gasteiger partial charge on any atom is -0.397 e. The summed E-state index contributed by atoms with van der Waals surface area (Å²) in [5.74, 6) is 0. The van der Waals surface area contributed by atoms with Crippen LogP contribution in [0.4, 0.5) is 11.4 Å². The predicted molar refractivity (Wildman–Crippen MR) is 60.0 cm³/mol. The van der Waals surface area contributed by atoms with E-state index in [1.54, 1.807) is 18.2 Å². The van der Waals surface area contributed by atoms with Crippen LogP contribution in [0.3, 0.4) is 0 Å². The van der Waals surface area contributed by atoms with Gasteiger partial charge in [-0.3, -0.25) is 4.79 Å². The van der Waals surface area contributed by atoms with Crippen LogP contribution in [0.5, 0.6) is 0 Å². The number of aldehydes is 2. The molecule has 0 amide bonds. The van der Waals surface area contributed by atoms with Gasteiger partial charge in [0.15, 0.2) is 6.29 Å². The van der Waals surface area contributed by atoms with Gasteiger partial charge in [-0.2, -0.15) is 0 Å². The Bertz CT molecular complexity index is 364. The summed E-state index contributed by atoms with van der Waals surface area (Å²) in [6.07, 6.45) is 1.95. The third-order valence-corrected chi connectivity index (χ3v) is 2.10. The first-order valence-corrected chi connectivity index (χ1v) is 4.73. The molecule has 4 nitrogen and oxygen atoms in total. The first-order chi connectivity index (χ1) is 7.19. The van der Waals surface area contributed by atoms with Crippen LogP contribution in [0.2, 0.25) is 0 Å². The summed E-state index contributed by atoms with van der Waals surface area (Å²) < 4.78 is 0. The lowest BCUT2D eigenvalue weighted by Gasteiger charge is -2.16. The summed E-state index contributed by atoms with van der Waals surface area (Å²) in [6, 6.07) is 5.07. The SMILES string of the molecule is CC(CC=O)Nc1c(N)cccc1C=O. The van der Waals surface area contributed by atoms with Gasteiger partial charge in [0.1, 0.15) is 6.29 Å². The van der Waals surface area contributed by atoms with Crippen LogP contribution < -0.4 is 11.1 Å². The zero-order valence-corrected chi connectivity index (χ0v) is 8.57. The maximum Gasteiger partial charge on any atom is 0.152 e. The van der Waals surface area contributed by atoms with Gasteiger partial charge in [0.2, 0.25) is 0 Å². The monoisotopic (exact) mass is 206 g/mol. The van der Waals surface area contributed by atoms with E-state index >= 15 is 0 Å². The van der Waals surface area contributed by atoms with E-state index in [2.05, 4.69) is 5.32 Å². The molecule has 0 saturated carbocycles. The van der Waals surface area contributed by atoms with Gasteiger partial charge in [0, 0.05) is 18.0 Å². The second-order valence-corrected chi connectivity index (χ2v) is 3.38. The van der Waals surface area contributed by atoms with E-state index in [-0.39, 0.29) is 6.04 Å². The second kappa shape index (κ2) is 5.14. The molecule has 80 valence electrons. The molecule has 0 spiro atoms. The number of nitrogens with one attached hydrogen (secondary N) is 1. The maximum atomic E-state index is 10.8. The summed E-state index contributed by atoms with van der Waals surface area (Å²) in [4.78, 5) is 21.1. The van der Waals surface area contributed by atoms with Crippen molar-refractivity contribution in [1.82, 2.24) is 0 Å². The Hall–Kier alpha value is -1.84. The van der Waals surface area contributed by atoms with Gasteiger partial charge in [-0.1, -0.05) is 6.07 Å². The van der Waals surface area contributed by atoms with E-state index in [4.69, 9.17) is 5.73 Å². The molecule has 0 aromatic heterocycles. The smallest absolute Gasteiger partial charge is 0.152 e. The molecular weight excluding hydrogens is 192 g/mol. The van der Waals surface area contributed by atoms with E-state index < -0.39 is 0 Å². The van der Waals surface area contributed by atoms with Crippen LogP contribution >= 0.6 is 0 Å². The molecule has 3 N–H and O–H groups in total. The number of rotatable bonds is 5. The highest BCUT2D eigenvalue weighted by Gasteiger charge is 2.08. The van der Waals surface area contributed by atoms with Crippen molar-refractivity contribution in [2.45, 2.75) is 19.4 Å². The minimum atomic E-state index is -0.0362. The lowest BCUT2D eigenvalue weighted by molar-refractivity contribution is -0.107. The largest absolute Gasteiger partial charge is 0.397 e. The molecule has 0 aliphatic rings. The van der Waals surface area contributed by atoms with Crippen molar-refractivity contribution >= 4 is 23.9 Å². The Balaban J connectivity index is 2.91. The van der Waals surface area contributed by atoms with E-state index in [0.717, 1.165) is 12.6 Å². The maximum absolute atomic E-state index is 10.8. The van der Waals surface area contributed by atoms with Gasteiger partial charge in [-0.25, -0.2) is 0 Å². The van der Waals surface area contributed by atoms with Crippen LogP contribution in [0.1, 0.15) is 23.7 Å². The number of nitrogens with two attached hydrogens (primary N) is 1. The molecule has 0 aliphatic heterocycles. The van der Waals surface area contributed by atoms with E-state index in [9.17, 15) is 9.59 Å². The Morgan fingerprint density at radius 2 is 2.20 bits per heavy atom. The number of carbonyl (C=O) groups excluding carboxylic acids is 2. The van der Waals surface area contributed by atoms with Gasteiger partial charge < -0.3 is 15.8 Å². The normalized spacial score (nSPS) is 11.8. The van der Waals surface area contributed by atoms with Crippen molar-refractivity contribution in [2.75, 3.05) is 11.1 Å². The van der Waals surface area contributed by atoms with Gasteiger partial charge in [0.25, 0.3) is 0 Å². The average Bonchev–Trinajstić information content (AvgIpc) is 2.21. The van der Waals surface area contributed by atoms with E-state index in [0.29, 0.717) is 23.4 Å². The van der Waals surface area contributed by atoms with Crippen LogP contribution in [-0.4, -0.2) is 18.6 Å². The molecule has 0 saturated heterocycles. The number of hydrogen-bond acceptors (Lipinski definition) is 4. The molecule has 1 rings (SSSR count). The van der Waals surface area contributed by atoms with E-state index in [1.165, 1.54) is 0 Å². The molecule has 15 heavy (non-hydrogen) atoms. The van der Waals surface area contributed by atoms with Crippen molar-refractivity contribution in [3.8, 4) is 0 Å². The molecule has 4 heteroatoms. The molecule has 0 radical (unpaired) electrons. The standard InChI is InChI=1S/C11H14N2O2/c1-8(5-6-14)13-11-9(7-15)3-2-4-10(11)12/h2-4,6-8,13H,5,12H2,1H3. The molecule has 1 aromatic carbocycles. The molecular formula is C11H14N2O2. The molecule has 0 fully saturated rings. The highest BCUT2D eigenvalue weighted by Crippen LogP contribution is 2.23. The fraction of sp³-hybridized carbons (Fsp3) is 0.273. The van der Waals surface area contributed by atoms with Crippen LogP contribution in [0.25, 0.3) is 0 Å². The van der Waals surface area contributed by atoms with Crippen LogP contribution in [-0.2, 0) is 4.79 Å². The third-order valence-electron chi connectivity index (χ3n) is 2.10. The van der Waals surface area contributed by atoms with Gasteiger partial charge >= 0.3 is 0 Å². The molecule has 1 atom stereocenters. The van der Waals surface area contributed by atoms with Crippen molar-refractivity contribution in [1.29, 1.82) is 0 Å². The zero-order chi connectivity index (χ0) is 11.3.